The van der Waals surface area contributed by atoms with E-state index in [1.807, 2.05) is 18.2 Å². The Morgan fingerprint density at radius 1 is 1.27 bits per heavy atom. The van der Waals surface area contributed by atoms with Crippen molar-refractivity contribution in [3.8, 4) is 6.07 Å². The first-order chi connectivity index (χ1) is 12.5. The number of hydrogen-bond acceptors (Lipinski definition) is 4. The van der Waals surface area contributed by atoms with Gasteiger partial charge in [0.15, 0.2) is 0 Å². The molecule has 0 fully saturated rings. The summed E-state index contributed by atoms with van der Waals surface area (Å²) in [6.07, 6.45) is 0.831. The highest BCUT2D eigenvalue weighted by molar-refractivity contribution is 6.31. The molecule has 3 aromatic rings. The summed E-state index contributed by atoms with van der Waals surface area (Å²) in [7, 11) is 0. The predicted octanol–water partition coefficient (Wildman–Crippen LogP) is 4.41. The zero-order valence-electron chi connectivity index (χ0n) is 14.1. The third kappa shape index (κ3) is 2.85. The third-order valence-electron chi connectivity index (χ3n) is 4.52. The molecule has 2 heterocycles. The Hall–Kier alpha value is -3.10. The summed E-state index contributed by atoms with van der Waals surface area (Å²) in [6, 6.07) is 15.1. The number of amides is 1. The van der Waals surface area contributed by atoms with Gasteiger partial charge in [-0.05, 0) is 54.4 Å². The minimum absolute atomic E-state index is 0.0537. The van der Waals surface area contributed by atoms with Gasteiger partial charge in [0.2, 0.25) is 5.91 Å². The van der Waals surface area contributed by atoms with Crippen molar-refractivity contribution < 1.29 is 4.79 Å². The Morgan fingerprint density at radius 2 is 2.12 bits per heavy atom. The highest BCUT2D eigenvalue weighted by Gasteiger charge is 2.22. The molecule has 2 aromatic carbocycles. The maximum Gasteiger partial charge on any atom is 0.223 e. The molecule has 0 saturated carbocycles. The number of hydrogen-bond donors (Lipinski definition) is 1. The SMILES string of the molecule is CC(=O)N1CCc2cc(Nc3cc(C#N)c4cc(Cl)ccc4n3)ccc21. The first kappa shape index (κ1) is 16.4. The van der Waals surface area contributed by atoms with Crippen LogP contribution in [0.5, 0.6) is 0 Å². The lowest BCUT2D eigenvalue weighted by Gasteiger charge is -2.15. The maximum absolute atomic E-state index is 11.7. The predicted molar refractivity (Wildman–Crippen MR) is 103 cm³/mol. The van der Waals surface area contributed by atoms with Crippen molar-refractivity contribution in [2.45, 2.75) is 13.3 Å². The number of nitriles is 1. The van der Waals surface area contributed by atoms with E-state index in [-0.39, 0.29) is 5.91 Å². The summed E-state index contributed by atoms with van der Waals surface area (Å²) < 4.78 is 0. The molecule has 0 aliphatic carbocycles. The van der Waals surface area contributed by atoms with Gasteiger partial charge >= 0.3 is 0 Å². The maximum atomic E-state index is 11.7. The second kappa shape index (κ2) is 6.32. The quantitative estimate of drug-likeness (QED) is 0.733. The Balaban J connectivity index is 1.69. The van der Waals surface area contributed by atoms with Crippen LogP contribution in [0.15, 0.2) is 42.5 Å². The summed E-state index contributed by atoms with van der Waals surface area (Å²) in [5.74, 6) is 0.649. The van der Waals surface area contributed by atoms with E-state index in [9.17, 15) is 10.1 Å². The van der Waals surface area contributed by atoms with E-state index in [0.29, 0.717) is 28.5 Å². The number of carbonyl (C=O) groups is 1. The molecule has 5 nitrogen and oxygen atoms in total. The number of carbonyl (C=O) groups excluding carboxylic acids is 1. The van der Waals surface area contributed by atoms with Gasteiger partial charge in [-0.25, -0.2) is 4.98 Å². The molecule has 1 aliphatic heterocycles. The number of aromatic nitrogens is 1. The average Bonchev–Trinajstić information content (AvgIpc) is 3.05. The fourth-order valence-corrected chi connectivity index (χ4v) is 3.48. The Morgan fingerprint density at radius 3 is 2.88 bits per heavy atom. The van der Waals surface area contributed by atoms with E-state index in [4.69, 9.17) is 11.6 Å². The van der Waals surface area contributed by atoms with Crippen molar-refractivity contribution in [3.63, 3.8) is 0 Å². The van der Waals surface area contributed by atoms with Gasteiger partial charge in [0.1, 0.15) is 5.82 Å². The molecule has 0 saturated heterocycles. The molecule has 26 heavy (non-hydrogen) atoms. The van der Waals surface area contributed by atoms with Gasteiger partial charge in [-0.2, -0.15) is 5.26 Å². The molecule has 0 unspecified atom stereocenters. The lowest BCUT2D eigenvalue weighted by Crippen LogP contribution is -2.25. The van der Waals surface area contributed by atoms with Crippen molar-refractivity contribution in [1.82, 2.24) is 4.98 Å². The van der Waals surface area contributed by atoms with Crippen molar-refractivity contribution in [2.75, 3.05) is 16.8 Å². The minimum atomic E-state index is 0.0537. The summed E-state index contributed by atoms with van der Waals surface area (Å²) in [6.45, 7) is 2.29. The van der Waals surface area contributed by atoms with Crippen molar-refractivity contribution >= 4 is 45.6 Å². The third-order valence-corrected chi connectivity index (χ3v) is 4.75. The van der Waals surface area contributed by atoms with Crippen LogP contribution >= 0.6 is 11.6 Å². The van der Waals surface area contributed by atoms with Crippen LogP contribution in [0.25, 0.3) is 10.9 Å². The number of benzene rings is 2. The smallest absolute Gasteiger partial charge is 0.223 e. The minimum Gasteiger partial charge on any atom is -0.340 e. The molecule has 6 heteroatoms. The van der Waals surface area contributed by atoms with Crippen LogP contribution in [0, 0.1) is 11.3 Å². The van der Waals surface area contributed by atoms with Crippen molar-refractivity contribution in [3.05, 3.63) is 58.6 Å². The highest BCUT2D eigenvalue weighted by Crippen LogP contribution is 2.32. The van der Waals surface area contributed by atoms with Gasteiger partial charge in [-0.15, -0.1) is 0 Å². The molecule has 1 aromatic heterocycles. The number of fused-ring (bicyclic) bond motifs is 2. The van der Waals surface area contributed by atoms with Crippen LogP contribution < -0.4 is 10.2 Å². The normalized spacial score (nSPS) is 12.7. The number of nitrogens with zero attached hydrogens (tertiary/aromatic N) is 3. The van der Waals surface area contributed by atoms with Gasteiger partial charge < -0.3 is 10.2 Å². The lowest BCUT2D eigenvalue weighted by molar-refractivity contribution is -0.116. The van der Waals surface area contributed by atoms with E-state index < -0.39 is 0 Å². The van der Waals surface area contributed by atoms with E-state index in [2.05, 4.69) is 16.4 Å². The largest absolute Gasteiger partial charge is 0.340 e. The Kier molecular flexibility index (Phi) is 3.98. The van der Waals surface area contributed by atoms with Crippen LogP contribution in [0.1, 0.15) is 18.1 Å². The topological polar surface area (TPSA) is 69.0 Å². The van der Waals surface area contributed by atoms with E-state index in [1.165, 1.54) is 0 Å². The molecule has 0 radical (unpaired) electrons. The van der Waals surface area contributed by atoms with Crippen LogP contribution in [-0.2, 0) is 11.2 Å². The fraction of sp³-hybridized carbons (Fsp3) is 0.150. The summed E-state index contributed by atoms with van der Waals surface area (Å²) in [4.78, 5) is 18.0. The molecule has 1 amide bonds. The summed E-state index contributed by atoms with van der Waals surface area (Å²) >= 11 is 6.02. The molecule has 0 bridgehead atoms. The highest BCUT2D eigenvalue weighted by atomic mass is 35.5. The lowest BCUT2D eigenvalue weighted by atomic mass is 10.1. The molecule has 1 N–H and O–H groups in total. The molecule has 128 valence electrons. The van der Waals surface area contributed by atoms with Crippen LogP contribution in [0.4, 0.5) is 17.2 Å². The number of pyridine rings is 1. The number of anilines is 3. The van der Waals surface area contributed by atoms with Crippen molar-refractivity contribution in [1.29, 1.82) is 5.26 Å². The molecular formula is C20H15ClN4O. The first-order valence-electron chi connectivity index (χ1n) is 8.23. The van der Waals surface area contributed by atoms with Crippen LogP contribution in [0.2, 0.25) is 5.02 Å². The van der Waals surface area contributed by atoms with Gasteiger partial charge in [0.05, 0.1) is 17.1 Å². The second-order valence-corrected chi connectivity index (χ2v) is 6.65. The zero-order chi connectivity index (χ0) is 18.3. The monoisotopic (exact) mass is 362 g/mol. The Labute approximate surface area is 155 Å². The van der Waals surface area contributed by atoms with E-state index in [1.54, 1.807) is 36.1 Å². The van der Waals surface area contributed by atoms with E-state index in [0.717, 1.165) is 28.7 Å². The zero-order valence-corrected chi connectivity index (χ0v) is 14.8. The van der Waals surface area contributed by atoms with E-state index >= 15 is 0 Å². The van der Waals surface area contributed by atoms with Crippen LogP contribution in [-0.4, -0.2) is 17.4 Å². The van der Waals surface area contributed by atoms with Gasteiger partial charge in [-0.1, -0.05) is 11.6 Å². The average molecular weight is 363 g/mol. The molecular weight excluding hydrogens is 348 g/mol. The molecule has 0 spiro atoms. The second-order valence-electron chi connectivity index (χ2n) is 6.22. The van der Waals surface area contributed by atoms with Gasteiger partial charge in [0.25, 0.3) is 0 Å². The Bertz CT molecular complexity index is 1090. The van der Waals surface area contributed by atoms with Gasteiger partial charge in [-0.3, -0.25) is 4.79 Å². The number of rotatable bonds is 2. The molecule has 0 atom stereocenters. The standard InChI is InChI=1S/C20H15ClN4O/c1-12(26)25-7-6-13-8-16(3-5-19(13)25)23-20-9-14(11-22)17-10-15(21)2-4-18(17)24-20/h2-5,8-10H,6-7H2,1H3,(H,23,24). The molecule has 1 aliphatic rings. The molecule has 4 rings (SSSR count). The number of nitrogens with one attached hydrogen (secondary N) is 1. The van der Waals surface area contributed by atoms with Crippen LogP contribution in [0.3, 0.4) is 0 Å². The summed E-state index contributed by atoms with van der Waals surface area (Å²) in [5.41, 5.74) is 4.18. The first-order valence-corrected chi connectivity index (χ1v) is 8.61. The summed E-state index contributed by atoms with van der Waals surface area (Å²) in [5, 5.41) is 14.0. The van der Waals surface area contributed by atoms with Gasteiger partial charge in [0, 0.05) is 35.3 Å². The van der Waals surface area contributed by atoms with Crippen molar-refractivity contribution in [2.24, 2.45) is 0 Å². The fourth-order valence-electron chi connectivity index (χ4n) is 3.31. The number of halogens is 1.